The minimum atomic E-state index is -1.32. The standard InChI is InChI=1S/C13H16FNO3/c1-4-13(3,12(17)18)15-11(16)10-6-5-9(14)7-8(10)2/h5-7H,4H2,1-3H3,(H,15,16)(H,17,18). The monoisotopic (exact) mass is 253 g/mol. The third-order valence-corrected chi connectivity index (χ3v) is 3.00. The molecule has 18 heavy (non-hydrogen) atoms. The average Bonchev–Trinajstić information content (AvgIpc) is 2.28. The Morgan fingerprint density at radius 2 is 2.06 bits per heavy atom. The second-order valence-electron chi connectivity index (χ2n) is 4.40. The highest BCUT2D eigenvalue weighted by Crippen LogP contribution is 2.14. The molecule has 0 heterocycles. The number of hydrogen-bond acceptors (Lipinski definition) is 2. The number of carbonyl (C=O) groups excluding carboxylic acids is 1. The van der Waals surface area contributed by atoms with Crippen LogP contribution in [-0.2, 0) is 4.79 Å². The van der Waals surface area contributed by atoms with Gasteiger partial charge in [-0.2, -0.15) is 0 Å². The van der Waals surface area contributed by atoms with Gasteiger partial charge in [-0.05, 0) is 44.0 Å². The van der Waals surface area contributed by atoms with Gasteiger partial charge in [0.25, 0.3) is 5.91 Å². The maximum atomic E-state index is 12.9. The molecule has 0 saturated carbocycles. The van der Waals surface area contributed by atoms with E-state index >= 15 is 0 Å². The lowest BCUT2D eigenvalue weighted by Crippen LogP contribution is -2.51. The molecule has 5 heteroatoms. The SMILES string of the molecule is CCC(C)(NC(=O)c1ccc(F)cc1C)C(=O)O. The van der Waals surface area contributed by atoms with Crippen LogP contribution in [0, 0.1) is 12.7 Å². The van der Waals surface area contributed by atoms with E-state index in [0.29, 0.717) is 5.56 Å². The first kappa shape index (κ1) is 14.2. The summed E-state index contributed by atoms with van der Waals surface area (Å²) in [6.45, 7) is 4.71. The number of hydrogen-bond donors (Lipinski definition) is 2. The van der Waals surface area contributed by atoms with Crippen LogP contribution in [-0.4, -0.2) is 22.5 Å². The van der Waals surface area contributed by atoms with E-state index in [4.69, 9.17) is 5.11 Å². The zero-order valence-electron chi connectivity index (χ0n) is 10.6. The van der Waals surface area contributed by atoms with E-state index in [2.05, 4.69) is 5.32 Å². The number of carboxylic acids is 1. The Bertz CT molecular complexity index is 487. The van der Waals surface area contributed by atoms with E-state index in [1.165, 1.54) is 25.1 Å². The van der Waals surface area contributed by atoms with Gasteiger partial charge in [-0.25, -0.2) is 9.18 Å². The van der Waals surface area contributed by atoms with Crippen LogP contribution in [0.5, 0.6) is 0 Å². The first-order chi connectivity index (χ1) is 8.30. The highest BCUT2D eigenvalue weighted by molar-refractivity contribution is 5.98. The summed E-state index contributed by atoms with van der Waals surface area (Å²) in [5.74, 6) is -2.04. The van der Waals surface area contributed by atoms with E-state index in [9.17, 15) is 14.0 Å². The minimum absolute atomic E-state index is 0.258. The molecule has 1 unspecified atom stereocenters. The maximum absolute atomic E-state index is 12.9. The predicted molar refractivity (Wildman–Crippen MR) is 64.9 cm³/mol. The molecule has 1 rings (SSSR count). The van der Waals surface area contributed by atoms with E-state index < -0.39 is 23.2 Å². The summed E-state index contributed by atoms with van der Waals surface area (Å²) in [5, 5.41) is 11.5. The van der Waals surface area contributed by atoms with Crippen molar-refractivity contribution in [1.82, 2.24) is 5.32 Å². The lowest BCUT2D eigenvalue weighted by molar-refractivity contribution is -0.143. The summed E-state index contributed by atoms with van der Waals surface area (Å²) < 4.78 is 12.9. The first-order valence-corrected chi connectivity index (χ1v) is 5.62. The Hall–Kier alpha value is -1.91. The number of aryl methyl sites for hydroxylation is 1. The molecule has 0 bridgehead atoms. The number of rotatable bonds is 4. The van der Waals surface area contributed by atoms with Gasteiger partial charge in [-0.15, -0.1) is 0 Å². The molecule has 1 atom stereocenters. The largest absolute Gasteiger partial charge is 0.480 e. The molecule has 0 aliphatic heterocycles. The van der Waals surface area contributed by atoms with Crippen molar-refractivity contribution in [3.63, 3.8) is 0 Å². The quantitative estimate of drug-likeness (QED) is 0.863. The lowest BCUT2D eigenvalue weighted by Gasteiger charge is -2.24. The van der Waals surface area contributed by atoms with Gasteiger partial charge in [0, 0.05) is 5.56 Å². The molecule has 0 aromatic heterocycles. The first-order valence-electron chi connectivity index (χ1n) is 5.62. The van der Waals surface area contributed by atoms with Gasteiger partial charge in [-0.3, -0.25) is 4.79 Å². The van der Waals surface area contributed by atoms with Crippen molar-refractivity contribution in [2.75, 3.05) is 0 Å². The molecule has 1 amide bonds. The molecule has 0 radical (unpaired) electrons. The number of carboxylic acid groups (broad SMARTS) is 1. The molecular formula is C13H16FNO3. The van der Waals surface area contributed by atoms with Crippen LogP contribution in [0.2, 0.25) is 0 Å². The van der Waals surface area contributed by atoms with Gasteiger partial charge >= 0.3 is 5.97 Å². The lowest BCUT2D eigenvalue weighted by atomic mass is 9.98. The number of carbonyl (C=O) groups is 2. The molecule has 0 spiro atoms. The minimum Gasteiger partial charge on any atom is -0.480 e. The second kappa shape index (κ2) is 5.16. The molecule has 1 aromatic rings. The highest BCUT2D eigenvalue weighted by atomic mass is 19.1. The molecule has 4 nitrogen and oxygen atoms in total. The average molecular weight is 253 g/mol. The van der Waals surface area contributed by atoms with Crippen molar-refractivity contribution < 1.29 is 19.1 Å². The van der Waals surface area contributed by atoms with Crippen molar-refractivity contribution in [3.8, 4) is 0 Å². The van der Waals surface area contributed by atoms with E-state index in [0.717, 1.165) is 0 Å². The normalized spacial score (nSPS) is 13.8. The smallest absolute Gasteiger partial charge is 0.329 e. The Labute approximate surface area is 105 Å². The fourth-order valence-corrected chi connectivity index (χ4v) is 1.49. The number of aliphatic carboxylic acids is 1. The molecular weight excluding hydrogens is 237 g/mol. The molecule has 0 aliphatic rings. The van der Waals surface area contributed by atoms with Crippen LogP contribution in [0.3, 0.4) is 0 Å². The third-order valence-electron chi connectivity index (χ3n) is 3.00. The van der Waals surface area contributed by atoms with Gasteiger partial charge in [0.15, 0.2) is 0 Å². The zero-order valence-corrected chi connectivity index (χ0v) is 10.6. The number of benzene rings is 1. The second-order valence-corrected chi connectivity index (χ2v) is 4.40. The highest BCUT2D eigenvalue weighted by Gasteiger charge is 2.33. The van der Waals surface area contributed by atoms with Crippen LogP contribution < -0.4 is 5.32 Å². The van der Waals surface area contributed by atoms with E-state index in [1.807, 2.05) is 0 Å². The van der Waals surface area contributed by atoms with Gasteiger partial charge in [0.1, 0.15) is 11.4 Å². The van der Waals surface area contributed by atoms with Gasteiger partial charge in [-0.1, -0.05) is 6.92 Å². The van der Waals surface area contributed by atoms with Crippen molar-refractivity contribution in [2.45, 2.75) is 32.7 Å². The van der Waals surface area contributed by atoms with Gasteiger partial charge in [0.2, 0.25) is 0 Å². The number of amides is 1. The Morgan fingerprint density at radius 1 is 1.44 bits per heavy atom. The Morgan fingerprint density at radius 3 is 2.50 bits per heavy atom. The molecule has 0 saturated heterocycles. The molecule has 0 fully saturated rings. The topological polar surface area (TPSA) is 66.4 Å². The predicted octanol–water partition coefficient (Wildman–Crippen LogP) is 2.12. The molecule has 0 aliphatic carbocycles. The Kier molecular flexibility index (Phi) is 4.06. The summed E-state index contributed by atoms with van der Waals surface area (Å²) in [7, 11) is 0. The Balaban J connectivity index is 2.98. The van der Waals surface area contributed by atoms with Crippen LogP contribution in [0.1, 0.15) is 36.2 Å². The van der Waals surface area contributed by atoms with Gasteiger partial charge in [0.05, 0.1) is 0 Å². The molecule has 2 N–H and O–H groups in total. The number of halogens is 1. The van der Waals surface area contributed by atoms with Crippen LogP contribution in [0.4, 0.5) is 4.39 Å². The summed E-state index contributed by atoms with van der Waals surface area (Å²) in [6, 6.07) is 3.75. The maximum Gasteiger partial charge on any atom is 0.329 e. The van der Waals surface area contributed by atoms with Crippen molar-refractivity contribution in [3.05, 3.63) is 35.1 Å². The summed E-state index contributed by atoms with van der Waals surface area (Å²) >= 11 is 0. The zero-order chi connectivity index (χ0) is 13.9. The van der Waals surface area contributed by atoms with Gasteiger partial charge < -0.3 is 10.4 Å². The third kappa shape index (κ3) is 2.85. The van der Waals surface area contributed by atoms with E-state index in [-0.39, 0.29) is 12.0 Å². The summed E-state index contributed by atoms with van der Waals surface area (Å²) in [4.78, 5) is 23.0. The van der Waals surface area contributed by atoms with Crippen molar-refractivity contribution in [1.29, 1.82) is 0 Å². The molecule has 98 valence electrons. The van der Waals surface area contributed by atoms with Crippen LogP contribution in [0.15, 0.2) is 18.2 Å². The fraction of sp³-hybridized carbons (Fsp3) is 0.385. The van der Waals surface area contributed by atoms with Crippen LogP contribution in [0.25, 0.3) is 0 Å². The number of nitrogens with one attached hydrogen (secondary N) is 1. The van der Waals surface area contributed by atoms with Crippen molar-refractivity contribution in [2.24, 2.45) is 0 Å². The van der Waals surface area contributed by atoms with E-state index in [1.54, 1.807) is 13.8 Å². The molecule has 1 aromatic carbocycles. The van der Waals surface area contributed by atoms with Crippen LogP contribution >= 0.6 is 0 Å². The fourth-order valence-electron chi connectivity index (χ4n) is 1.49. The summed E-state index contributed by atoms with van der Waals surface area (Å²) in [5.41, 5.74) is -0.577. The van der Waals surface area contributed by atoms with Crippen molar-refractivity contribution >= 4 is 11.9 Å². The summed E-state index contributed by atoms with van der Waals surface area (Å²) in [6.07, 6.45) is 0.258.